The standard InChI is InChI=1S/C14H11BrClN3/c15-12-2-1-9-19-13(17-18-14(12)19)8-5-10-3-6-11(16)7-4-10/h1-4,6-7,9H,5,8H2. The van der Waals surface area contributed by atoms with Gasteiger partial charge in [0, 0.05) is 17.6 Å². The van der Waals surface area contributed by atoms with Crippen molar-refractivity contribution in [3.63, 3.8) is 0 Å². The molecule has 0 fully saturated rings. The fourth-order valence-corrected chi connectivity index (χ4v) is 2.56. The molecule has 0 radical (unpaired) electrons. The average Bonchev–Trinajstić information content (AvgIpc) is 2.83. The highest BCUT2D eigenvalue weighted by molar-refractivity contribution is 9.10. The molecule has 2 heterocycles. The third-order valence-electron chi connectivity index (χ3n) is 3.01. The van der Waals surface area contributed by atoms with E-state index in [9.17, 15) is 0 Å². The number of nitrogens with zero attached hydrogens (tertiary/aromatic N) is 3. The van der Waals surface area contributed by atoms with Crippen LogP contribution in [-0.2, 0) is 12.8 Å². The van der Waals surface area contributed by atoms with Crippen molar-refractivity contribution in [3.05, 3.63) is 63.5 Å². The van der Waals surface area contributed by atoms with Gasteiger partial charge in [0.05, 0.1) is 4.47 Å². The van der Waals surface area contributed by atoms with Crippen molar-refractivity contribution in [1.29, 1.82) is 0 Å². The van der Waals surface area contributed by atoms with Gasteiger partial charge in [0.15, 0.2) is 5.65 Å². The van der Waals surface area contributed by atoms with Gasteiger partial charge in [0.2, 0.25) is 0 Å². The van der Waals surface area contributed by atoms with Gasteiger partial charge < -0.3 is 0 Å². The second-order valence-corrected chi connectivity index (χ2v) is 5.58. The first-order chi connectivity index (χ1) is 9.24. The van der Waals surface area contributed by atoms with Crippen LogP contribution in [0.4, 0.5) is 0 Å². The zero-order chi connectivity index (χ0) is 13.2. The van der Waals surface area contributed by atoms with Crippen molar-refractivity contribution in [2.45, 2.75) is 12.8 Å². The molecule has 0 saturated carbocycles. The number of aromatic nitrogens is 3. The lowest BCUT2D eigenvalue weighted by Gasteiger charge is -2.01. The molecular formula is C14H11BrClN3. The van der Waals surface area contributed by atoms with E-state index in [0.29, 0.717) is 0 Å². The highest BCUT2D eigenvalue weighted by atomic mass is 79.9. The van der Waals surface area contributed by atoms with Gasteiger partial charge in [-0.25, -0.2) is 0 Å². The van der Waals surface area contributed by atoms with Crippen molar-refractivity contribution in [2.24, 2.45) is 0 Å². The number of aryl methyl sites for hydroxylation is 2. The Bertz CT molecular complexity index is 706. The van der Waals surface area contributed by atoms with Gasteiger partial charge in [-0.2, -0.15) is 0 Å². The van der Waals surface area contributed by atoms with Gasteiger partial charge in [0.1, 0.15) is 5.82 Å². The Morgan fingerprint density at radius 3 is 2.63 bits per heavy atom. The summed E-state index contributed by atoms with van der Waals surface area (Å²) in [6.07, 6.45) is 3.75. The van der Waals surface area contributed by atoms with E-state index in [2.05, 4.69) is 26.1 Å². The number of benzene rings is 1. The molecule has 5 heteroatoms. The lowest BCUT2D eigenvalue weighted by molar-refractivity contribution is 0.839. The van der Waals surface area contributed by atoms with Crippen molar-refractivity contribution < 1.29 is 0 Å². The largest absolute Gasteiger partial charge is 0.285 e. The van der Waals surface area contributed by atoms with E-state index < -0.39 is 0 Å². The topological polar surface area (TPSA) is 30.2 Å². The van der Waals surface area contributed by atoms with Crippen molar-refractivity contribution >= 4 is 33.2 Å². The van der Waals surface area contributed by atoms with Gasteiger partial charge in [0.25, 0.3) is 0 Å². The molecule has 0 amide bonds. The summed E-state index contributed by atoms with van der Waals surface area (Å²) in [4.78, 5) is 0. The minimum Gasteiger partial charge on any atom is -0.285 e. The quantitative estimate of drug-likeness (QED) is 0.725. The van der Waals surface area contributed by atoms with E-state index in [-0.39, 0.29) is 0 Å². The van der Waals surface area contributed by atoms with Crippen LogP contribution in [0.3, 0.4) is 0 Å². The maximum Gasteiger partial charge on any atom is 0.175 e. The van der Waals surface area contributed by atoms with Gasteiger partial charge in [-0.15, -0.1) is 10.2 Å². The summed E-state index contributed by atoms with van der Waals surface area (Å²) < 4.78 is 2.97. The molecule has 1 aromatic carbocycles. The molecule has 3 aromatic rings. The molecule has 3 rings (SSSR count). The summed E-state index contributed by atoms with van der Waals surface area (Å²) in [5, 5.41) is 9.20. The number of fused-ring (bicyclic) bond motifs is 1. The molecule has 0 spiro atoms. The SMILES string of the molecule is Clc1ccc(CCc2nnc3c(Br)cccn23)cc1. The van der Waals surface area contributed by atoms with Crippen LogP contribution in [0.15, 0.2) is 47.1 Å². The van der Waals surface area contributed by atoms with Crippen LogP contribution < -0.4 is 0 Å². The number of halogens is 2. The first-order valence-corrected chi connectivity index (χ1v) is 7.14. The van der Waals surface area contributed by atoms with Gasteiger partial charge >= 0.3 is 0 Å². The Hall–Kier alpha value is -1.39. The van der Waals surface area contributed by atoms with Crippen LogP contribution in [0.25, 0.3) is 5.65 Å². The zero-order valence-electron chi connectivity index (χ0n) is 10.1. The zero-order valence-corrected chi connectivity index (χ0v) is 12.4. The maximum absolute atomic E-state index is 5.88. The first kappa shape index (κ1) is 12.6. The first-order valence-electron chi connectivity index (χ1n) is 5.96. The van der Waals surface area contributed by atoms with Crippen LogP contribution in [-0.4, -0.2) is 14.6 Å². The van der Waals surface area contributed by atoms with E-state index in [0.717, 1.165) is 33.8 Å². The van der Waals surface area contributed by atoms with Crippen molar-refractivity contribution in [1.82, 2.24) is 14.6 Å². The van der Waals surface area contributed by atoms with E-state index >= 15 is 0 Å². The number of rotatable bonds is 3. The minimum atomic E-state index is 0.764. The summed E-state index contributed by atoms with van der Waals surface area (Å²) in [7, 11) is 0. The molecule has 0 unspecified atom stereocenters. The van der Waals surface area contributed by atoms with E-state index in [1.807, 2.05) is 47.0 Å². The van der Waals surface area contributed by atoms with Crippen LogP contribution in [0.1, 0.15) is 11.4 Å². The fourth-order valence-electron chi connectivity index (χ4n) is 2.01. The molecule has 96 valence electrons. The lowest BCUT2D eigenvalue weighted by atomic mass is 10.1. The number of hydrogen-bond acceptors (Lipinski definition) is 2. The number of hydrogen-bond donors (Lipinski definition) is 0. The Morgan fingerprint density at radius 2 is 1.84 bits per heavy atom. The van der Waals surface area contributed by atoms with E-state index in [1.54, 1.807) is 0 Å². The molecule has 3 nitrogen and oxygen atoms in total. The molecule has 0 saturated heterocycles. The van der Waals surface area contributed by atoms with Crippen LogP contribution in [0, 0.1) is 0 Å². The molecule has 0 N–H and O–H groups in total. The smallest absolute Gasteiger partial charge is 0.175 e. The predicted molar refractivity (Wildman–Crippen MR) is 79.5 cm³/mol. The summed E-state index contributed by atoms with van der Waals surface area (Å²) in [6, 6.07) is 11.9. The summed E-state index contributed by atoms with van der Waals surface area (Å²) >= 11 is 9.35. The highest BCUT2D eigenvalue weighted by Crippen LogP contribution is 2.17. The minimum absolute atomic E-state index is 0.764. The van der Waals surface area contributed by atoms with E-state index in [1.165, 1.54) is 5.56 Å². The van der Waals surface area contributed by atoms with Crippen LogP contribution in [0.2, 0.25) is 5.02 Å². The second-order valence-electron chi connectivity index (χ2n) is 4.29. The molecule has 2 aromatic heterocycles. The summed E-state index contributed by atoms with van der Waals surface area (Å²) in [5.41, 5.74) is 2.10. The third kappa shape index (κ3) is 2.65. The van der Waals surface area contributed by atoms with Crippen molar-refractivity contribution in [3.8, 4) is 0 Å². The molecular weight excluding hydrogens is 326 g/mol. The van der Waals surface area contributed by atoms with Gasteiger partial charge in [-0.3, -0.25) is 4.40 Å². The lowest BCUT2D eigenvalue weighted by Crippen LogP contribution is -1.98. The molecule has 0 aliphatic carbocycles. The summed E-state index contributed by atoms with van der Waals surface area (Å²) in [5.74, 6) is 0.964. The highest BCUT2D eigenvalue weighted by Gasteiger charge is 2.07. The monoisotopic (exact) mass is 335 g/mol. The Morgan fingerprint density at radius 1 is 1.05 bits per heavy atom. The normalized spacial score (nSPS) is 11.1. The molecule has 0 atom stereocenters. The second kappa shape index (κ2) is 5.31. The fraction of sp³-hybridized carbons (Fsp3) is 0.143. The molecule has 0 aliphatic rings. The molecule has 0 bridgehead atoms. The third-order valence-corrected chi connectivity index (χ3v) is 3.88. The van der Waals surface area contributed by atoms with E-state index in [4.69, 9.17) is 11.6 Å². The molecule has 19 heavy (non-hydrogen) atoms. The maximum atomic E-state index is 5.88. The summed E-state index contributed by atoms with van der Waals surface area (Å²) in [6.45, 7) is 0. The predicted octanol–water partition coefficient (Wildman–Crippen LogP) is 3.93. The van der Waals surface area contributed by atoms with Gasteiger partial charge in [-0.05, 0) is 52.2 Å². The van der Waals surface area contributed by atoms with Crippen LogP contribution in [0.5, 0.6) is 0 Å². The van der Waals surface area contributed by atoms with Crippen molar-refractivity contribution in [2.75, 3.05) is 0 Å². The number of pyridine rings is 1. The van der Waals surface area contributed by atoms with Gasteiger partial charge in [-0.1, -0.05) is 23.7 Å². The molecule has 0 aliphatic heterocycles. The van der Waals surface area contributed by atoms with Crippen LogP contribution >= 0.6 is 27.5 Å². The Kier molecular flexibility index (Phi) is 3.53. The Balaban J connectivity index is 1.82. The Labute approximate surface area is 124 Å². The average molecular weight is 337 g/mol.